The van der Waals surface area contributed by atoms with Crippen molar-refractivity contribution in [1.82, 2.24) is 14.8 Å². The van der Waals surface area contributed by atoms with Gasteiger partial charge in [-0.1, -0.05) is 41.6 Å². The van der Waals surface area contributed by atoms with Crippen LogP contribution >= 0.6 is 23.4 Å². The van der Waals surface area contributed by atoms with Crippen LogP contribution in [0.1, 0.15) is 0 Å². The molecule has 0 aliphatic rings. The van der Waals surface area contributed by atoms with Crippen molar-refractivity contribution in [3.8, 4) is 22.8 Å². The van der Waals surface area contributed by atoms with Crippen LogP contribution in [0.3, 0.4) is 0 Å². The molecule has 4 aromatic rings. The van der Waals surface area contributed by atoms with Crippen LogP contribution in [0.5, 0.6) is 5.75 Å². The maximum Gasteiger partial charge on any atom is 0.234 e. The number of anilines is 1. The molecule has 1 N–H and O–H groups in total. The number of methoxy groups -OCH3 is 1. The smallest absolute Gasteiger partial charge is 0.234 e. The second kappa shape index (κ2) is 9.84. The molecule has 9 heteroatoms. The molecule has 0 fully saturated rings. The van der Waals surface area contributed by atoms with Crippen LogP contribution in [0.4, 0.5) is 10.1 Å². The number of carbonyl (C=O) groups is 1. The Kier molecular flexibility index (Phi) is 6.72. The quantitative estimate of drug-likeness (QED) is 0.364. The lowest BCUT2D eigenvalue weighted by atomic mass is 10.2. The molecule has 1 amide bonds. The lowest BCUT2D eigenvalue weighted by molar-refractivity contribution is -0.113. The van der Waals surface area contributed by atoms with E-state index in [1.807, 2.05) is 59.2 Å². The van der Waals surface area contributed by atoms with Crippen molar-refractivity contribution in [1.29, 1.82) is 0 Å². The number of para-hydroxylation sites is 1. The summed E-state index contributed by atoms with van der Waals surface area (Å²) in [5.74, 6) is 0.661. The molecule has 0 atom stereocenters. The van der Waals surface area contributed by atoms with Crippen molar-refractivity contribution in [2.45, 2.75) is 5.16 Å². The van der Waals surface area contributed by atoms with Crippen molar-refractivity contribution in [3.63, 3.8) is 0 Å². The Hall–Kier alpha value is -3.36. The van der Waals surface area contributed by atoms with Gasteiger partial charge in [-0.3, -0.25) is 9.36 Å². The molecule has 1 heterocycles. The molecule has 0 unspecified atom stereocenters. The van der Waals surface area contributed by atoms with E-state index in [-0.39, 0.29) is 16.7 Å². The molecule has 0 spiro atoms. The second-order valence-electron chi connectivity index (χ2n) is 6.67. The fraction of sp³-hybridized carbons (Fsp3) is 0.0870. The number of amides is 1. The number of halogens is 2. The normalized spacial score (nSPS) is 10.7. The van der Waals surface area contributed by atoms with Gasteiger partial charge in [0.25, 0.3) is 0 Å². The maximum absolute atomic E-state index is 13.3. The van der Waals surface area contributed by atoms with Crippen LogP contribution in [0.15, 0.2) is 78.0 Å². The zero-order chi connectivity index (χ0) is 22.5. The van der Waals surface area contributed by atoms with Crippen LogP contribution in [0, 0.1) is 5.82 Å². The molecule has 0 radical (unpaired) electrons. The standard InChI is InChI=1S/C23H18ClFN4O2S/c1-31-18-10-7-15(8-11-18)22-27-28-23(29(22)17-5-3-2-4-6-17)32-14-21(30)26-16-9-12-20(25)19(24)13-16/h2-13H,14H2,1H3,(H,26,30). The van der Waals surface area contributed by atoms with E-state index in [0.717, 1.165) is 17.0 Å². The van der Waals surface area contributed by atoms with Crippen molar-refractivity contribution in [2.75, 3.05) is 18.2 Å². The molecule has 0 aliphatic carbocycles. The SMILES string of the molecule is COc1ccc(-c2nnc(SCC(=O)Nc3ccc(F)c(Cl)c3)n2-c2ccccc2)cc1. The number of aromatic nitrogens is 3. The van der Waals surface area contributed by atoms with Gasteiger partial charge < -0.3 is 10.1 Å². The molecule has 6 nitrogen and oxygen atoms in total. The summed E-state index contributed by atoms with van der Waals surface area (Å²) in [7, 11) is 1.61. The summed E-state index contributed by atoms with van der Waals surface area (Å²) < 4.78 is 20.5. The number of benzene rings is 3. The average molecular weight is 469 g/mol. The molecule has 4 rings (SSSR count). The number of carbonyl (C=O) groups excluding carboxylic acids is 1. The van der Waals surface area contributed by atoms with Crippen LogP contribution in [-0.2, 0) is 4.79 Å². The van der Waals surface area contributed by atoms with Gasteiger partial charge >= 0.3 is 0 Å². The molecular weight excluding hydrogens is 451 g/mol. The number of nitrogens with one attached hydrogen (secondary N) is 1. The molecule has 0 aliphatic heterocycles. The molecule has 32 heavy (non-hydrogen) atoms. The van der Waals surface area contributed by atoms with Crippen molar-refractivity contribution >= 4 is 35.0 Å². The molecule has 1 aromatic heterocycles. The van der Waals surface area contributed by atoms with E-state index in [2.05, 4.69) is 15.5 Å². The minimum absolute atomic E-state index is 0.0524. The summed E-state index contributed by atoms with van der Waals surface area (Å²) in [6, 6.07) is 21.2. The van der Waals surface area contributed by atoms with E-state index in [4.69, 9.17) is 16.3 Å². The zero-order valence-electron chi connectivity index (χ0n) is 17.0. The van der Waals surface area contributed by atoms with Crippen LogP contribution < -0.4 is 10.1 Å². The first-order valence-electron chi connectivity index (χ1n) is 9.58. The Morgan fingerprint density at radius 1 is 1.09 bits per heavy atom. The third-order valence-electron chi connectivity index (χ3n) is 4.53. The maximum atomic E-state index is 13.3. The summed E-state index contributed by atoms with van der Waals surface area (Å²) >= 11 is 7.02. The predicted octanol–water partition coefficient (Wildman–Crippen LogP) is 5.47. The number of thioether (sulfide) groups is 1. The predicted molar refractivity (Wildman–Crippen MR) is 124 cm³/mol. The van der Waals surface area contributed by atoms with Gasteiger partial charge in [0.1, 0.15) is 11.6 Å². The highest BCUT2D eigenvalue weighted by molar-refractivity contribution is 7.99. The van der Waals surface area contributed by atoms with Crippen molar-refractivity contribution in [2.24, 2.45) is 0 Å². The monoisotopic (exact) mass is 468 g/mol. The Morgan fingerprint density at radius 2 is 1.84 bits per heavy atom. The molecule has 0 bridgehead atoms. The first kappa shape index (κ1) is 21.9. The topological polar surface area (TPSA) is 69.0 Å². The summed E-state index contributed by atoms with van der Waals surface area (Å²) in [5.41, 5.74) is 2.15. The zero-order valence-corrected chi connectivity index (χ0v) is 18.5. The van der Waals surface area contributed by atoms with Crippen molar-refractivity contribution in [3.05, 3.63) is 83.6 Å². The summed E-state index contributed by atoms with van der Waals surface area (Å²) in [4.78, 5) is 12.4. The Labute approximate surface area is 193 Å². The van der Waals surface area contributed by atoms with E-state index < -0.39 is 5.82 Å². The van der Waals surface area contributed by atoms with Gasteiger partial charge in [0, 0.05) is 16.9 Å². The number of rotatable bonds is 7. The van der Waals surface area contributed by atoms with Crippen LogP contribution in [0.25, 0.3) is 17.1 Å². The van der Waals surface area contributed by atoms with E-state index >= 15 is 0 Å². The van der Waals surface area contributed by atoms with Gasteiger partial charge in [-0.2, -0.15) is 0 Å². The highest BCUT2D eigenvalue weighted by Crippen LogP contribution is 2.29. The van der Waals surface area contributed by atoms with Gasteiger partial charge in [0.05, 0.1) is 17.9 Å². The van der Waals surface area contributed by atoms with E-state index in [1.54, 1.807) is 7.11 Å². The Morgan fingerprint density at radius 3 is 2.53 bits per heavy atom. The number of ether oxygens (including phenoxy) is 1. The third-order valence-corrected chi connectivity index (χ3v) is 5.75. The first-order valence-corrected chi connectivity index (χ1v) is 10.9. The van der Waals surface area contributed by atoms with Gasteiger partial charge in [-0.15, -0.1) is 10.2 Å². The van der Waals surface area contributed by atoms with E-state index in [9.17, 15) is 9.18 Å². The molecule has 0 saturated carbocycles. The third kappa shape index (κ3) is 4.92. The molecule has 0 saturated heterocycles. The molecular formula is C23H18ClFN4O2S. The average Bonchev–Trinajstić information content (AvgIpc) is 3.25. The summed E-state index contributed by atoms with van der Waals surface area (Å²) in [6.07, 6.45) is 0. The largest absolute Gasteiger partial charge is 0.497 e. The second-order valence-corrected chi connectivity index (χ2v) is 8.02. The highest BCUT2D eigenvalue weighted by atomic mass is 35.5. The van der Waals surface area contributed by atoms with Gasteiger partial charge in [0.15, 0.2) is 11.0 Å². The van der Waals surface area contributed by atoms with E-state index in [0.29, 0.717) is 16.7 Å². The van der Waals surface area contributed by atoms with Crippen molar-refractivity contribution < 1.29 is 13.9 Å². The lowest BCUT2D eigenvalue weighted by Gasteiger charge is -2.11. The van der Waals surface area contributed by atoms with Crippen LogP contribution in [0.2, 0.25) is 5.02 Å². The van der Waals surface area contributed by atoms with Gasteiger partial charge in [-0.25, -0.2) is 4.39 Å². The number of hydrogen-bond donors (Lipinski definition) is 1. The first-order chi connectivity index (χ1) is 15.5. The Bertz CT molecular complexity index is 1230. The minimum atomic E-state index is -0.541. The fourth-order valence-corrected chi connectivity index (χ4v) is 3.93. The molecule has 3 aromatic carbocycles. The highest BCUT2D eigenvalue weighted by Gasteiger charge is 2.17. The Balaban J connectivity index is 1.57. The van der Waals surface area contributed by atoms with E-state index in [1.165, 1.54) is 30.0 Å². The fourth-order valence-electron chi connectivity index (χ4n) is 3.00. The van der Waals surface area contributed by atoms with Gasteiger partial charge in [-0.05, 0) is 54.6 Å². The number of nitrogens with zero attached hydrogens (tertiary/aromatic N) is 3. The van der Waals surface area contributed by atoms with Crippen LogP contribution in [-0.4, -0.2) is 33.5 Å². The lowest BCUT2D eigenvalue weighted by Crippen LogP contribution is -2.14. The molecule has 162 valence electrons. The minimum Gasteiger partial charge on any atom is -0.497 e. The van der Waals surface area contributed by atoms with Gasteiger partial charge in [0.2, 0.25) is 5.91 Å². The number of hydrogen-bond acceptors (Lipinski definition) is 5. The summed E-state index contributed by atoms with van der Waals surface area (Å²) in [6.45, 7) is 0. The summed E-state index contributed by atoms with van der Waals surface area (Å²) in [5, 5.41) is 11.9.